The van der Waals surface area contributed by atoms with E-state index in [2.05, 4.69) is 38.7 Å². The van der Waals surface area contributed by atoms with E-state index in [1.165, 1.54) is 32.1 Å². The van der Waals surface area contributed by atoms with Crippen LogP contribution in [0.25, 0.3) is 0 Å². The van der Waals surface area contributed by atoms with Crippen LogP contribution in [0.3, 0.4) is 0 Å². The first kappa shape index (κ1) is 11.5. The molecule has 0 heterocycles. The molecule has 0 aromatic heterocycles. The minimum atomic E-state index is 0.636. The van der Waals surface area contributed by atoms with E-state index in [0.29, 0.717) is 5.92 Å². The first-order chi connectivity index (χ1) is 5.77. The lowest BCUT2D eigenvalue weighted by Crippen LogP contribution is -1.74. The zero-order chi connectivity index (χ0) is 9.23. The Bertz CT molecular complexity index is 136. The van der Waals surface area contributed by atoms with Crippen LogP contribution in [0.1, 0.15) is 52.9 Å². The molecule has 0 unspecified atom stereocenters. The third kappa shape index (κ3) is 9.52. The van der Waals surface area contributed by atoms with Crippen LogP contribution in [0.15, 0.2) is 17.9 Å². The maximum atomic E-state index is 3.21. The first-order valence-electron chi connectivity index (χ1n) is 5.18. The van der Waals surface area contributed by atoms with Gasteiger partial charge in [0.25, 0.3) is 0 Å². The van der Waals surface area contributed by atoms with Gasteiger partial charge in [0.1, 0.15) is 0 Å². The second kappa shape index (κ2) is 8.62. The van der Waals surface area contributed by atoms with Crippen molar-refractivity contribution in [2.45, 2.75) is 52.9 Å². The predicted molar refractivity (Wildman–Crippen MR) is 56.3 cm³/mol. The Morgan fingerprint density at radius 3 is 2.50 bits per heavy atom. The fourth-order valence-electron chi connectivity index (χ4n) is 1.02. The van der Waals surface area contributed by atoms with Gasteiger partial charge >= 0.3 is 0 Å². The summed E-state index contributed by atoms with van der Waals surface area (Å²) < 4.78 is 0. The van der Waals surface area contributed by atoms with Crippen molar-refractivity contribution in [3.63, 3.8) is 0 Å². The van der Waals surface area contributed by atoms with Crippen LogP contribution in [0.5, 0.6) is 0 Å². The standard InChI is InChI=1S/C12H22/c1-4-5-6-7-8-9-10-11-12(2)3/h9,11-12H,4-8H2,1-3H3. The zero-order valence-corrected chi connectivity index (χ0v) is 8.77. The highest BCUT2D eigenvalue weighted by molar-refractivity contribution is 4.86. The summed E-state index contributed by atoms with van der Waals surface area (Å²) in [7, 11) is 0. The molecule has 12 heavy (non-hydrogen) atoms. The third-order valence-electron chi connectivity index (χ3n) is 1.75. The van der Waals surface area contributed by atoms with Crippen LogP contribution in [-0.4, -0.2) is 0 Å². The second-order valence-corrected chi connectivity index (χ2v) is 3.63. The number of hydrogen-bond donors (Lipinski definition) is 0. The SMILES string of the molecule is CCCCCCC=C=CC(C)C. The lowest BCUT2D eigenvalue weighted by molar-refractivity contribution is 0.674. The molecule has 0 saturated heterocycles. The molecule has 0 aromatic rings. The largest absolute Gasteiger partial charge is 0.129 e. The molecule has 0 heteroatoms. The minimum absolute atomic E-state index is 0.636. The third-order valence-corrected chi connectivity index (χ3v) is 1.75. The Hall–Kier alpha value is -0.480. The fraction of sp³-hybridized carbons (Fsp3) is 0.750. The van der Waals surface area contributed by atoms with Crippen molar-refractivity contribution in [3.8, 4) is 0 Å². The molecule has 0 atom stereocenters. The van der Waals surface area contributed by atoms with E-state index < -0.39 is 0 Å². The van der Waals surface area contributed by atoms with Gasteiger partial charge in [-0.1, -0.05) is 40.0 Å². The maximum absolute atomic E-state index is 3.21. The Morgan fingerprint density at radius 2 is 1.92 bits per heavy atom. The highest BCUT2D eigenvalue weighted by Gasteiger charge is 1.83. The second-order valence-electron chi connectivity index (χ2n) is 3.63. The zero-order valence-electron chi connectivity index (χ0n) is 8.77. The molecule has 70 valence electrons. The summed E-state index contributed by atoms with van der Waals surface area (Å²) in [6, 6.07) is 0. The van der Waals surface area contributed by atoms with Gasteiger partial charge in [0, 0.05) is 0 Å². The lowest BCUT2D eigenvalue weighted by atomic mass is 10.1. The van der Waals surface area contributed by atoms with Gasteiger partial charge in [-0.3, -0.25) is 0 Å². The number of rotatable bonds is 6. The molecule has 0 bridgehead atoms. The monoisotopic (exact) mass is 166 g/mol. The summed E-state index contributed by atoms with van der Waals surface area (Å²) >= 11 is 0. The van der Waals surface area contributed by atoms with Crippen molar-refractivity contribution < 1.29 is 0 Å². The average Bonchev–Trinajstić information content (AvgIpc) is 2.02. The Balaban J connectivity index is 3.24. The quantitative estimate of drug-likeness (QED) is 0.407. The molecule has 0 N–H and O–H groups in total. The van der Waals surface area contributed by atoms with Gasteiger partial charge in [-0.2, -0.15) is 0 Å². The summed E-state index contributed by atoms with van der Waals surface area (Å²) in [5.41, 5.74) is 3.21. The summed E-state index contributed by atoms with van der Waals surface area (Å²) in [4.78, 5) is 0. The number of allylic oxidation sites excluding steroid dienone is 1. The van der Waals surface area contributed by atoms with Crippen molar-refractivity contribution in [2.24, 2.45) is 5.92 Å². The predicted octanol–water partition coefficient (Wildman–Crippen LogP) is 4.32. The Labute approximate surface area is 77.4 Å². The van der Waals surface area contributed by atoms with Gasteiger partial charge in [-0.15, -0.1) is 5.73 Å². The molecule has 0 aliphatic heterocycles. The van der Waals surface area contributed by atoms with Crippen LogP contribution in [-0.2, 0) is 0 Å². The maximum Gasteiger partial charge on any atom is -0.0214 e. The Morgan fingerprint density at radius 1 is 1.17 bits per heavy atom. The van der Waals surface area contributed by atoms with Crippen LogP contribution in [0, 0.1) is 5.92 Å². The lowest BCUT2D eigenvalue weighted by Gasteiger charge is -1.92. The Kier molecular flexibility index (Phi) is 8.27. The van der Waals surface area contributed by atoms with E-state index in [-0.39, 0.29) is 0 Å². The molecule has 0 fully saturated rings. The van der Waals surface area contributed by atoms with Gasteiger partial charge in [-0.05, 0) is 30.9 Å². The van der Waals surface area contributed by atoms with Gasteiger partial charge in [0.05, 0.1) is 0 Å². The highest BCUT2D eigenvalue weighted by Crippen LogP contribution is 2.02. The molecule has 0 aliphatic rings. The first-order valence-corrected chi connectivity index (χ1v) is 5.18. The van der Waals surface area contributed by atoms with Gasteiger partial charge in [-0.25, -0.2) is 0 Å². The number of hydrogen-bond acceptors (Lipinski definition) is 0. The molecule has 0 radical (unpaired) electrons. The molecule has 0 amide bonds. The fourth-order valence-corrected chi connectivity index (χ4v) is 1.02. The van der Waals surface area contributed by atoms with Crippen molar-refractivity contribution in [3.05, 3.63) is 17.9 Å². The summed E-state index contributed by atoms with van der Waals surface area (Å²) in [5.74, 6) is 0.636. The molecular weight excluding hydrogens is 144 g/mol. The van der Waals surface area contributed by atoms with Gasteiger partial charge in [0.2, 0.25) is 0 Å². The van der Waals surface area contributed by atoms with Crippen LogP contribution in [0.2, 0.25) is 0 Å². The van der Waals surface area contributed by atoms with Gasteiger partial charge < -0.3 is 0 Å². The molecule has 0 saturated carbocycles. The summed E-state index contributed by atoms with van der Waals surface area (Å²) in [6.45, 7) is 6.60. The van der Waals surface area contributed by atoms with Crippen molar-refractivity contribution in [2.75, 3.05) is 0 Å². The highest BCUT2D eigenvalue weighted by atomic mass is 13.9. The molecule has 0 nitrogen and oxygen atoms in total. The molecule has 0 spiro atoms. The normalized spacial score (nSPS) is 9.67. The topological polar surface area (TPSA) is 0 Å². The van der Waals surface area contributed by atoms with Crippen LogP contribution < -0.4 is 0 Å². The molecule has 0 aliphatic carbocycles. The van der Waals surface area contributed by atoms with Crippen molar-refractivity contribution in [1.82, 2.24) is 0 Å². The van der Waals surface area contributed by atoms with E-state index >= 15 is 0 Å². The van der Waals surface area contributed by atoms with E-state index in [1.54, 1.807) is 0 Å². The van der Waals surface area contributed by atoms with E-state index in [1.807, 2.05) is 0 Å². The van der Waals surface area contributed by atoms with Gasteiger partial charge in [0.15, 0.2) is 0 Å². The molecule has 0 aromatic carbocycles. The van der Waals surface area contributed by atoms with Crippen LogP contribution >= 0.6 is 0 Å². The molecule has 0 rings (SSSR count). The van der Waals surface area contributed by atoms with E-state index in [0.717, 1.165) is 0 Å². The van der Waals surface area contributed by atoms with Crippen molar-refractivity contribution >= 4 is 0 Å². The van der Waals surface area contributed by atoms with Crippen molar-refractivity contribution in [1.29, 1.82) is 0 Å². The molecular formula is C12H22. The number of unbranched alkanes of at least 4 members (excludes halogenated alkanes) is 4. The van der Waals surface area contributed by atoms with E-state index in [4.69, 9.17) is 0 Å². The summed E-state index contributed by atoms with van der Waals surface area (Å²) in [6.07, 6.45) is 10.9. The average molecular weight is 166 g/mol. The summed E-state index contributed by atoms with van der Waals surface area (Å²) in [5, 5.41) is 0. The van der Waals surface area contributed by atoms with E-state index in [9.17, 15) is 0 Å². The smallest absolute Gasteiger partial charge is 0.0214 e. The minimum Gasteiger partial charge on any atom is -0.129 e. The van der Waals surface area contributed by atoms with Crippen LogP contribution in [0.4, 0.5) is 0 Å².